The largest absolute Gasteiger partial charge is 0.492 e. The van der Waals surface area contributed by atoms with E-state index in [1.807, 2.05) is 0 Å². The topological polar surface area (TPSA) is 137 Å². The molecule has 0 unspecified atom stereocenters. The molecule has 0 fully saturated rings. The highest BCUT2D eigenvalue weighted by Gasteiger charge is 1.92. The Kier molecular flexibility index (Phi) is 7.78. The number of ether oxygens (including phenoxy) is 1. The van der Waals surface area contributed by atoms with E-state index in [1.54, 1.807) is 24.3 Å². The molecule has 0 heterocycles. The van der Waals surface area contributed by atoms with E-state index in [4.69, 9.17) is 43.1 Å². The average Bonchev–Trinajstić information content (AvgIpc) is 2.26. The van der Waals surface area contributed by atoms with Crippen LogP contribution in [-0.2, 0) is 0 Å². The maximum atomic E-state index is 8.36. The van der Waals surface area contributed by atoms with Crippen molar-refractivity contribution >= 4 is 17.6 Å². The second-order valence-electron chi connectivity index (χ2n) is 2.85. The Hall–Kier alpha value is -2.22. The third-order valence-electron chi connectivity index (χ3n) is 1.47. The minimum atomic E-state index is -1.50. The zero-order valence-corrected chi connectivity index (χ0v) is 10.1. The number of guanidine groups is 1. The molecule has 1 aromatic rings. The molecule has 0 atom stereocenters. The number of halogens is 1. The van der Waals surface area contributed by atoms with Gasteiger partial charge in [-0.25, -0.2) is 0 Å². The summed E-state index contributed by atoms with van der Waals surface area (Å²) in [4.78, 5) is 12.1. The molecule has 0 aliphatic rings. The van der Waals surface area contributed by atoms with Crippen LogP contribution in [0.1, 0.15) is 0 Å². The lowest BCUT2D eigenvalue weighted by atomic mass is 10.3. The molecule has 0 bridgehead atoms. The lowest BCUT2D eigenvalue weighted by molar-refractivity contribution is -0.742. The van der Waals surface area contributed by atoms with Crippen LogP contribution >= 0.6 is 11.6 Å². The number of rotatable bonds is 4. The van der Waals surface area contributed by atoms with E-state index in [2.05, 4.69) is 4.99 Å². The van der Waals surface area contributed by atoms with E-state index in [1.165, 1.54) is 0 Å². The minimum Gasteiger partial charge on any atom is -0.492 e. The Morgan fingerprint density at radius 1 is 1.44 bits per heavy atom. The van der Waals surface area contributed by atoms with Gasteiger partial charge in [0.15, 0.2) is 5.96 Å². The summed E-state index contributed by atoms with van der Waals surface area (Å²) in [5.74, 6) is 0.824. The van der Waals surface area contributed by atoms with Gasteiger partial charge in [0, 0.05) is 5.02 Å². The Morgan fingerprint density at radius 2 is 1.94 bits per heavy atom. The molecular formula is C9H13ClN4O4. The first kappa shape index (κ1) is 15.8. The molecule has 0 aliphatic heterocycles. The maximum Gasteiger partial charge on any atom is 0.291 e. The summed E-state index contributed by atoms with van der Waals surface area (Å²) in [5, 5.41) is 14.3. The van der Waals surface area contributed by atoms with Crippen LogP contribution in [0.3, 0.4) is 0 Å². The summed E-state index contributed by atoms with van der Waals surface area (Å²) >= 11 is 5.70. The van der Waals surface area contributed by atoms with Gasteiger partial charge in [0.1, 0.15) is 12.4 Å². The van der Waals surface area contributed by atoms with Crippen molar-refractivity contribution in [1.82, 2.24) is 0 Å². The van der Waals surface area contributed by atoms with Crippen molar-refractivity contribution in [3.05, 3.63) is 39.4 Å². The molecule has 8 nitrogen and oxygen atoms in total. The van der Waals surface area contributed by atoms with Gasteiger partial charge >= 0.3 is 0 Å². The molecule has 0 aromatic heterocycles. The quantitative estimate of drug-likeness (QED) is 0.243. The molecule has 9 heteroatoms. The summed E-state index contributed by atoms with van der Waals surface area (Å²) < 4.78 is 5.33. The lowest BCUT2D eigenvalue weighted by Crippen LogP contribution is -2.23. The standard InChI is InChI=1S/C9H12ClN3O.HNO3/c10-7-1-3-8(4-2-7)14-6-5-13-9(11)12;2-1(3)4/h1-4H,5-6H2,(H4,11,12,13);(H,2,3,4). The number of benzene rings is 1. The van der Waals surface area contributed by atoms with Gasteiger partial charge in [0.2, 0.25) is 0 Å². The molecular weight excluding hydrogens is 264 g/mol. The fourth-order valence-electron chi connectivity index (χ4n) is 0.869. The van der Waals surface area contributed by atoms with Gasteiger partial charge in [0.25, 0.3) is 5.09 Å². The van der Waals surface area contributed by atoms with E-state index in [0.717, 1.165) is 5.75 Å². The first-order valence-corrected chi connectivity index (χ1v) is 5.06. The van der Waals surface area contributed by atoms with Crippen molar-refractivity contribution in [2.45, 2.75) is 0 Å². The molecule has 0 spiro atoms. The Bertz CT molecular complexity index is 388. The van der Waals surface area contributed by atoms with Crippen molar-refractivity contribution in [1.29, 1.82) is 0 Å². The first-order chi connectivity index (χ1) is 8.41. The molecule has 1 rings (SSSR count). The second-order valence-corrected chi connectivity index (χ2v) is 3.28. The third kappa shape index (κ3) is 10.3. The fraction of sp³-hybridized carbons (Fsp3) is 0.222. The fourth-order valence-corrected chi connectivity index (χ4v) is 0.995. The first-order valence-electron chi connectivity index (χ1n) is 4.69. The Morgan fingerprint density at radius 3 is 2.39 bits per heavy atom. The number of nitrogens with two attached hydrogens (primary N) is 2. The second kappa shape index (κ2) is 8.88. The van der Waals surface area contributed by atoms with Crippen LogP contribution in [0, 0.1) is 10.1 Å². The SMILES string of the molecule is NC(N)=NCCOc1ccc(Cl)cc1.O=[N+]([O-])O. The summed E-state index contributed by atoms with van der Waals surface area (Å²) in [7, 11) is 0. The highest BCUT2D eigenvalue weighted by Crippen LogP contribution is 2.15. The van der Waals surface area contributed by atoms with Crippen LogP contribution in [-0.4, -0.2) is 29.4 Å². The van der Waals surface area contributed by atoms with Crippen LogP contribution in [0.5, 0.6) is 5.75 Å². The van der Waals surface area contributed by atoms with Crippen molar-refractivity contribution in [3.8, 4) is 5.75 Å². The molecule has 0 saturated heterocycles. The van der Waals surface area contributed by atoms with Crippen molar-refractivity contribution in [2.24, 2.45) is 16.5 Å². The molecule has 100 valence electrons. The molecule has 0 aliphatic carbocycles. The molecule has 1 aromatic carbocycles. The molecule has 0 saturated carbocycles. The molecule has 5 N–H and O–H groups in total. The van der Waals surface area contributed by atoms with Crippen LogP contribution < -0.4 is 16.2 Å². The summed E-state index contributed by atoms with van der Waals surface area (Å²) in [5.41, 5.74) is 10.3. The molecule has 0 radical (unpaired) electrons. The van der Waals surface area contributed by atoms with Gasteiger partial charge in [-0.2, -0.15) is 0 Å². The Balaban J connectivity index is 0.000000631. The van der Waals surface area contributed by atoms with Gasteiger partial charge in [-0.15, -0.1) is 10.1 Å². The number of aliphatic imine (C=N–C) groups is 1. The number of hydrogen-bond acceptors (Lipinski definition) is 4. The van der Waals surface area contributed by atoms with Gasteiger partial charge in [-0.3, -0.25) is 4.99 Å². The zero-order chi connectivity index (χ0) is 14.0. The van der Waals surface area contributed by atoms with E-state index < -0.39 is 5.09 Å². The van der Waals surface area contributed by atoms with Gasteiger partial charge < -0.3 is 21.4 Å². The zero-order valence-electron chi connectivity index (χ0n) is 9.32. The van der Waals surface area contributed by atoms with Crippen molar-refractivity contribution in [2.75, 3.05) is 13.2 Å². The van der Waals surface area contributed by atoms with Gasteiger partial charge in [-0.1, -0.05) is 11.6 Å². The van der Waals surface area contributed by atoms with Gasteiger partial charge in [-0.05, 0) is 24.3 Å². The number of hydrogen-bond donors (Lipinski definition) is 3. The maximum absolute atomic E-state index is 8.36. The van der Waals surface area contributed by atoms with E-state index >= 15 is 0 Å². The van der Waals surface area contributed by atoms with E-state index in [9.17, 15) is 0 Å². The minimum absolute atomic E-state index is 0.0738. The normalized spacial score (nSPS) is 8.72. The van der Waals surface area contributed by atoms with Crippen molar-refractivity contribution < 1.29 is 15.0 Å². The summed E-state index contributed by atoms with van der Waals surface area (Å²) in [6, 6.07) is 7.10. The highest BCUT2D eigenvalue weighted by atomic mass is 35.5. The van der Waals surface area contributed by atoms with Crippen LogP contribution in [0.25, 0.3) is 0 Å². The molecule has 18 heavy (non-hydrogen) atoms. The summed E-state index contributed by atoms with van der Waals surface area (Å²) in [6.45, 7) is 0.893. The lowest BCUT2D eigenvalue weighted by Gasteiger charge is -2.03. The van der Waals surface area contributed by atoms with E-state index in [-0.39, 0.29) is 5.96 Å². The predicted molar refractivity (Wildman–Crippen MR) is 66.4 cm³/mol. The van der Waals surface area contributed by atoms with Gasteiger partial charge in [0.05, 0.1) is 6.54 Å². The number of nitrogens with zero attached hydrogens (tertiary/aromatic N) is 2. The summed E-state index contributed by atoms with van der Waals surface area (Å²) in [6.07, 6.45) is 0. The predicted octanol–water partition coefficient (Wildman–Crippen LogP) is 0.644. The smallest absolute Gasteiger partial charge is 0.291 e. The van der Waals surface area contributed by atoms with Crippen LogP contribution in [0.15, 0.2) is 29.3 Å². The monoisotopic (exact) mass is 276 g/mol. The van der Waals surface area contributed by atoms with Crippen molar-refractivity contribution in [3.63, 3.8) is 0 Å². The molecule has 0 amide bonds. The Labute approximate surface area is 108 Å². The van der Waals surface area contributed by atoms with Crippen LogP contribution in [0.4, 0.5) is 0 Å². The van der Waals surface area contributed by atoms with Crippen LogP contribution in [0.2, 0.25) is 5.02 Å². The van der Waals surface area contributed by atoms with E-state index in [0.29, 0.717) is 18.2 Å². The third-order valence-corrected chi connectivity index (χ3v) is 1.72. The highest BCUT2D eigenvalue weighted by molar-refractivity contribution is 6.30. The average molecular weight is 277 g/mol.